The summed E-state index contributed by atoms with van der Waals surface area (Å²) in [5, 5.41) is 5.54. The summed E-state index contributed by atoms with van der Waals surface area (Å²) in [5.41, 5.74) is 1.18. The molecule has 0 aromatic heterocycles. The Balaban J connectivity index is 1.68. The normalized spacial score (nSPS) is 15.0. The van der Waals surface area contributed by atoms with Gasteiger partial charge in [-0.3, -0.25) is 9.59 Å². The van der Waals surface area contributed by atoms with E-state index in [1.807, 2.05) is 6.07 Å². The zero-order valence-electron chi connectivity index (χ0n) is 16.1. The molecule has 0 atom stereocenters. The molecule has 3 rings (SSSR count). The maximum atomic E-state index is 13.2. The van der Waals surface area contributed by atoms with Crippen LogP contribution in [0.5, 0.6) is 0 Å². The Bertz CT molecular complexity index is 847. The molecule has 0 aliphatic carbocycles. The molecule has 1 aliphatic rings. The fourth-order valence-electron chi connectivity index (χ4n) is 3.03. The van der Waals surface area contributed by atoms with Crippen LogP contribution in [0.2, 0.25) is 0 Å². The molecule has 0 bridgehead atoms. The molecule has 0 unspecified atom stereocenters. The van der Waals surface area contributed by atoms with Crippen LogP contribution in [0.25, 0.3) is 6.08 Å². The molecule has 0 spiro atoms. The second-order valence-corrected chi connectivity index (χ2v) is 6.80. The minimum absolute atomic E-state index is 0.113. The van der Waals surface area contributed by atoms with Crippen molar-refractivity contribution in [2.75, 3.05) is 39.4 Å². The Hall–Kier alpha value is -3.03. The van der Waals surface area contributed by atoms with Crippen LogP contribution >= 0.6 is 0 Å². The van der Waals surface area contributed by atoms with Crippen molar-refractivity contribution in [1.82, 2.24) is 10.6 Å². The summed E-state index contributed by atoms with van der Waals surface area (Å²) in [6, 6.07) is 14.4. The number of carbonyl (C=O) groups is 2. The fourth-order valence-corrected chi connectivity index (χ4v) is 3.03. The van der Waals surface area contributed by atoms with Crippen LogP contribution < -0.4 is 15.5 Å². The number of halogens is 1. The number of quaternary nitrogens is 1. The van der Waals surface area contributed by atoms with Gasteiger partial charge in [0.15, 0.2) is 0 Å². The van der Waals surface area contributed by atoms with E-state index in [4.69, 9.17) is 4.74 Å². The summed E-state index contributed by atoms with van der Waals surface area (Å²) >= 11 is 0. The highest BCUT2D eigenvalue weighted by Crippen LogP contribution is 2.08. The van der Waals surface area contributed by atoms with Crippen molar-refractivity contribution in [3.63, 3.8) is 0 Å². The molecule has 0 saturated carbocycles. The summed E-state index contributed by atoms with van der Waals surface area (Å²) < 4.78 is 18.5. The van der Waals surface area contributed by atoms with E-state index in [0.717, 1.165) is 32.8 Å². The largest absolute Gasteiger partial charge is 0.370 e. The topological polar surface area (TPSA) is 71.9 Å². The molecule has 1 fully saturated rings. The Morgan fingerprint density at radius 1 is 1.03 bits per heavy atom. The first-order chi connectivity index (χ1) is 14.1. The highest BCUT2D eigenvalue weighted by atomic mass is 19.1. The zero-order chi connectivity index (χ0) is 20.5. The van der Waals surface area contributed by atoms with E-state index < -0.39 is 0 Å². The third-order valence-corrected chi connectivity index (χ3v) is 4.67. The summed E-state index contributed by atoms with van der Waals surface area (Å²) in [4.78, 5) is 26.6. The SMILES string of the molecule is O=C(NCC[NH+]1CCOCC1)/C(=C/c1ccc(F)cc1)NC(=O)c1ccccc1. The molecule has 152 valence electrons. The van der Waals surface area contributed by atoms with Crippen molar-refractivity contribution in [2.24, 2.45) is 0 Å². The highest BCUT2D eigenvalue weighted by Gasteiger charge is 2.17. The van der Waals surface area contributed by atoms with E-state index in [2.05, 4.69) is 10.6 Å². The minimum Gasteiger partial charge on any atom is -0.370 e. The second kappa shape index (κ2) is 10.5. The quantitative estimate of drug-likeness (QED) is 0.599. The molecule has 1 heterocycles. The number of carbonyl (C=O) groups excluding carboxylic acids is 2. The molecule has 1 saturated heterocycles. The average molecular weight is 398 g/mol. The molecular weight excluding hydrogens is 373 g/mol. The summed E-state index contributed by atoms with van der Waals surface area (Å²) in [6.07, 6.45) is 1.54. The lowest BCUT2D eigenvalue weighted by Gasteiger charge is -2.23. The number of rotatable bonds is 7. The highest BCUT2D eigenvalue weighted by molar-refractivity contribution is 6.05. The lowest BCUT2D eigenvalue weighted by atomic mass is 10.1. The van der Waals surface area contributed by atoms with Gasteiger partial charge in [0.05, 0.1) is 26.3 Å². The zero-order valence-corrected chi connectivity index (χ0v) is 16.1. The lowest BCUT2D eigenvalue weighted by Crippen LogP contribution is -3.14. The number of benzene rings is 2. The Kier molecular flexibility index (Phi) is 7.49. The van der Waals surface area contributed by atoms with E-state index >= 15 is 0 Å². The first-order valence-electron chi connectivity index (χ1n) is 9.65. The van der Waals surface area contributed by atoms with E-state index in [1.165, 1.54) is 23.1 Å². The van der Waals surface area contributed by atoms with Crippen LogP contribution in [0, 0.1) is 5.82 Å². The average Bonchev–Trinajstić information content (AvgIpc) is 2.76. The predicted molar refractivity (Wildman–Crippen MR) is 108 cm³/mol. The molecule has 7 heteroatoms. The number of ether oxygens (including phenoxy) is 1. The molecule has 2 amide bonds. The molecular formula is C22H25FN3O3+. The van der Waals surface area contributed by atoms with E-state index in [1.54, 1.807) is 36.4 Å². The van der Waals surface area contributed by atoms with Gasteiger partial charge in [0, 0.05) is 5.56 Å². The maximum Gasteiger partial charge on any atom is 0.268 e. The molecule has 2 aromatic rings. The number of hydrogen-bond acceptors (Lipinski definition) is 3. The maximum absolute atomic E-state index is 13.2. The van der Waals surface area contributed by atoms with Gasteiger partial charge < -0.3 is 20.3 Å². The predicted octanol–water partition coefficient (Wildman–Crippen LogP) is 0.628. The van der Waals surface area contributed by atoms with Crippen molar-refractivity contribution in [3.8, 4) is 0 Å². The third kappa shape index (κ3) is 6.51. The standard InChI is InChI=1S/C22H24FN3O3/c23-19-8-6-17(7-9-19)16-20(25-21(27)18-4-2-1-3-5-18)22(28)24-10-11-26-12-14-29-15-13-26/h1-9,16H,10-15H2,(H,24,28)(H,25,27)/p+1/b20-16-. The van der Waals surface area contributed by atoms with Crippen LogP contribution in [-0.2, 0) is 9.53 Å². The number of hydrogen-bond donors (Lipinski definition) is 3. The fraction of sp³-hybridized carbons (Fsp3) is 0.273. The van der Waals surface area contributed by atoms with Gasteiger partial charge in [-0.25, -0.2) is 4.39 Å². The minimum atomic E-state index is -0.383. The Labute approximate surface area is 169 Å². The van der Waals surface area contributed by atoms with Gasteiger partial charge in [-0.2, -0.15) is 0 Å². The van der Waals surface area contributed by atoms with E-state index in [-0.39, 0.29) is 23.3 Å². The molecule has 29 heavy (non-hydrogen) atoms. The first-order valence-corrected chi connectivity index (χ1v) is 9.65. The van der Waals surface area contributed by atoms with Crippen LogP contribution in [0.3, 0.4) is 0 Å². The van der Waals surface area contributed by atoms with Crippen LogP contribution in [0.15, 0.2) is 60.3 Å². The van der Waals surface area contributed by atoms with Crippen LogP contribution in [0.4, 0.5) is 4.39 Å². The monoisotopic (exact) mass is 398 g/mol. The number of morpholine rings is 1. The Morgan fingerprint density at radius 2 is 1.72 bits per heavy atom. The molecule has 3 N–H and O–H groups in total. The van der Waals surface area contributed by atoms with Crippen molar-refractivity contribution >= 4 is 17.9 Å². The van der Waals surface area contributed by atoms with Crippen LogP contribution in [-0.4, -0.2) is 51.2 Å². The lowest BCUT2D eigenvalue weighted by molar-refractivity contribution is -0.906. The number of nitrogens with one attached hydrogen (secondary N) is 3. The summed E-state index contributed by atoms with van der Waals surface area (Å²) in [7, 11) is 0. The van der Waals surface area contributed by atoms with Gasteiger partial charge in [0.1, 0.15) is 24.6 Å². The summed E-state index contributed by atoms with van der Waals surface area (Å²) in [5.74, 6) is -1.13. The van der Waals surface area contributed by atoms with E-state index in [9.17, 15) is 14.0 Å². The van der Waals surface area contributed by atoms with Gasteiger partial charge in [-0.1, -0.05) is 30.3 Å². The van der Waals surface area contributed by atoms with Gasteiger partial charge >= 0.3 is 0 Å². The van der Waals surface area contributed by atoms with Gasteiger partial charge in [0.25, 0.3) is 11.8 Å². The first kappa shape index (κ1) is 20.7. The van der Waals surface area contributed by atoms with Crippen LogP contribution in [0.1, 0.15) is 15.9 Å². The van der Waals surface area contributed by atoms with Crippen molar-refractivity contribution in [2.45, 2.75) is 0 Å². The van der Waals surface area contributed by atoms with Gasteiger partial charge in [-0.15, -0.1) is 0 Å². The molecule has 0 radical (unpaired) electrons. The van der Waals surface area contributed by atoms with Crippen molar-refractivity contribution < 1.29 is 23.6 Å². The van der Waals surface area contributed by atoms with Gasteiger partial charge in [-0.05, 0) is 35.9 Å². The number of amides is 2. The molecule has 6 nitrogen and oxygen atoms in total. The third-order valence-electron chi connectivity index (χ3n) is 4.67. The smallest absolute Gasteiger partial charge is 0.268 e. The second-order valence-electron chi connectivity index (χ2n) is 6.80. The van der Waals surface area contributed by atoms with Crippen molar-refractivity contribution in [3.05, 3.63) is 77.2 Å². The van der Waals surface area contributed by atoms with E-state index in [0.29, 0.717) is 17.7 Å². The molecule has 2 aromatic carbocycles. The summed E-state index contributed by atoms with van der Waals surface area (Å²) in [6.45, 7) is 4.55. The van der Waals surface area contributed by atoms with Crippen molar-refractivity contribution in [1.29, 1.82) is 0 Å². The Morgan fingerprint density at radius 3 is 2.41 bits per heavy atom. The van der Waals surface area contributed by atoms with Gasteiger partial charge in [0.2, 0.25) is 0 Å². The molecule has 1 aliphatic heterocycles.